The highest BCUT2D eigenvalue weighted by Gasteiger charge is 2.22. The third-order valence-corrected chi connectivity index (χ3v) is 3.05. The Morgan fingerprint density at radius 1 is 1.53 bits per heavy atom. The summed E-state index contributed by atoms with van der Waals surface area (Å²) in [7, 11) is 1.62. The third kappa shape index (κ3) is 3.94. The molecule has 1 aromatic heterocycles. The van der Waals surface area contributed by atoms with Gasteiger partial charge in [-0.2, -0.15) is 0 Å². The maximum absolute atomic E-state index is 10.5. The van der Waals surface area contributed by atoms with Gasteiger partial charge < -0.3 is 9.84 Å². The number of ether oxygens (including phenoxy) is 1. The zero-order chi connectivity index (χ0) is 13.1. The van der Waals surface area contributed by atoms with E-state index in [1.807, 2.05) is 0 Å². The fourth-order valence-electron chi connectivity index (χ4n) is 1.36. The molecule has 0 amide bonds. The lowest BCUT2D eigenvalue weighted by molar-refractivity contribution is -0.131. The molecule has 94 valence electrons. The molecule has 0 unspecified atom stereocenters. The van der Waals surface area contributed by atoms with Crippen molar-refractivity contribution in [3.05, 3.63) is 21.7 Å². The molecule has 1 rings (SSSR count). The van der Waals surface area contributed by atoms with E-state index in [0.29, 0.717) is 6.61 Å². The zero-order valence-corrected chi connectivity index (χ0v) is 11.3. The molecule has 4 nitrogen and oxygen atoms in total. The molecule has 0 bridgehead atoms. The molecule has 1 heterocycles. The van der Waals surface area contributed by atoms with Crippen molar-refractivity contribution in [1.82, 2.24) is 4.98 Å². The van der Waals surface area contributed by atoms with Crippen LogP contribution in [-0.4, -0.2) is 23.2 Å². The Bertz CT molecular complexity index is 429. The molecule has 1 aromatic rings. The fourth-order valence-corrected chi connectivity index (χ4v) is 2.51. The minimum absolute atomic E-state index is 0.110. The molecule has 5 heteroatoms. The van der Waals surface area contributed by atoms with Gasteiger partial charge in [-0.05, 0) is 6.08 Å². The number of carboxylic acid groups (broad SMARTS) is 1. The van der Waals surface area contributed by atoms with Gasteiger partial charge in [0.05, 0.1) is 17.2 Å². The standard InChI is InChI=1S/C12H17NO3S/c1-12(2,3)11-8(5-6-10(14)15)17-9(13-11)7-16-4/h5-6H,7H2,1-4H3,(H,14,15)/b6-5+. The SMILES string of the molecule is COCc1nc(C(C)(C)C)c(/C=C/C(=O)O)s1. The molecule has 0 aliphatic heterocycles. The normalized spacial score (nSPS) is 12.2. The van der Waals surface area contributed by atoms with Crippen LogP contribution in [0.1, 0.15) is 36.3 Å². The van der Waals surface area contributed by atoms with E-state index in [-0.39, 0.29) is 5.41 Å². The van der Waals surface area contributed by atoms with Gasteiger partial charge >= 0.3 is 5.97 Å². The molecule has 0 atom stereocenters. The first-order valence-electron chi connectivity index (χ1n) is 5.24. The molecule has 0 aromatic carbocycles. The molecular weight excluding hydrogens is 238 g/mol. The number of aliphatic carboxylic acids is 1. The Morgan fingerprint density at radius 3 is 2.65 bits per heavy atom. The van der Waals surface area contributed by atoms with Crippen molar-refractivity contribution in [1.29, 1.82) is 0 Å². The summed E-state index contributed by atoms with van der Waals surface area (Å²) < 4.78 is 5.04. The van der Waals surface area contributed by atoms with E-state index in [1.165, 1.54) is 11.3 Å². The predicted octanol–water partition coefficient (Wildman–Crippen LogP) is 2.68. The van der Waals surface area contributed by atoms with Crippen molar-refractivity contribution >= 4 is 23.4 Å². The van der Waals surface area contributed by atoms with Crippen LogP contribution in [-0.2, 0) is 21.6 Å². The highest BCUT2D eigenvalue weighted by atomic mass is 32.1. The monoisotopic (exact) mass is 255 g/mol. The molecule has 0 saturated carbocycles. The molecule has 0 aliphatic carbocycles. The van der Waals surface area contributed by atoms with Crippen LogP contribution in [0.2, 0.25) is 0 Å². The van der Waals surface area contributed by atoms with Crippen LogP contribution in [0.4, 0.5) is 0 Å². The minimum atomic E-state index is -0.952. The predicted molar refractivity (Wildman–Crippen MR) is 68.2 cm³/mol. The van der Waals surface area contributed by atoms with Crippen molar-refractivity contribution in [2.75, 3.05) is 7.11 Å². The van der Waals surface area contributed by atoms with Crippen molar-refractivity contribution < 1.29 is 14.6 Å². The molecule has 17 heavy (non-hydrogen) atoms. The topological polar surface area (TPSA) is 59.4 Å². The number of carbonyl (C=O) groups is 1. The molecule has 0 radical (unpaired) electrons. The van der Waals surface area contributed by atoms with E-state index in [0.717, 1.165) is 21.7 Å². The van der Waals surface area contributed by atoms with Crippen molar-refractivity contribution in [2.45, 2.75) is 32.8 Å². The number of nitrogens with zero attached hydrogens (tertiary/aromatic N) is 1. The number of methoxy groups -OCH3 is 1. The second kappa shape index (κ2) is 5.42. The lowest BCUT2D eigenvalue weighted by Crippen LogP contribution is -2.13. The van der Waals surface area contributed by atoms with Crippen LogP contribution in [0.3, 0.4) is 0 Å². The first kappa shape index (κ1) is 13.9. The van der Waals surface area contributed by atoms with E-state index < -0.39 is 5.97 Å². The van der Waals surface area contributed by atoms with Crippen molar-refractivity contribution in [3.63, 3.8) is 0 Å². The fraction of sp³-hybridized carbons (Fsp3) is 0.500. The van der Waals surface area contributed by atoms with Gasteiger partial charge in [0.2, 0.25) is 0 Å². The summed E-state index contributed by atoms with van der Waals surface area (Å²) in [5, 5.41) is 9.51. The highest BCUT2D eigenvalue weighted by Crippen LogP contribution is 2.30. The molecule has 1 N–H and O–H groups in total. The maximum Gasteiger partial charge on any atom is 0.328 e. The Balaban J connectivity index is 3.12. The van der Waals surface area contributed by atoms with Gasteiger partial charge in [0.1, 0.15) is 5.01 Å². The first-order valence-corrected chi connectivity index (χ1v) is 6.06. The van der Waals surface area contributed by atoms with Gasteiger partial charge in [-0.1, -0.05) is 20.8 Å². The van der Waals surface area contributed by atoms with Crippen LogP contribution in [0, 0.1) is 0 Å². The van der Waals surface area contributed by atoms with Crippen LogP contribution < -0.4 is 0 Å². The van der Waals surface area contributed by atoms with Gasteiger partial charge in [-0.3, -0.25) is 0 Å². The zero-order valence-electron chi connectivity index (χ0n) is 10.5. The van der Waals surface area contributed by atoms with E-state index in [2.05, 4.69) is 25.8 Å². The number of hydrogen-bond acceptors (Lipinski definition) is 4. The summed E-state index contributed by atoms with van der Waals surface area (Å²) in [6, 6.07) is 0. The smallest absolute Gasteiger partial charge is 0.328 e. The largest absolute Gasteiger partial charge is 0.478 e. The summed E-state index contributed by atoms with van der Waals surface area (Å²) in [6.07, 6.45) is 2.74. The second-order valence-corrected chi connectivity index (χ2v) is 5.79. The summed E-state index contributed by atoms with van der Waals surface area (Å²) in [5.41, 5.74) is 0.799. The lowest BCUT2D eigenvalue weighted by Gasteiger charge is -2.16. The Morgan fingerprint density at radius 2 is 2.18 bits per heavy atom. The number of hydrogen-bond donors (Lipinski definition) is 1. The first-order chi connectivity index (χ1) is 7.84. The highest BCUT2D eigenvalue weighted by molar-refractivity contribution is 7.12. The van der Waals surface area contributed by atoms with Crippen LogP contribution >= 0.6 is 11.3 Å². The molecule has 0 fully saturated rings. The van der Waals surface area contributed by atoms with E-state index in [9.17, 15) is 4.79 Å². The Labute approximate surface area is 105 Å². The van der Waals surface area contributed by atoms with E-state index >= 15 is 0 Å². The quantitative estimate of drug-likeness (QED) is 0.840. The third-order valence-electron chi connectivity index (χ3n) is 2.05. The average Bonchev–Trinajstić information content (AvgIpc) is 2.58. The molecular formula is C12H17NO3S. The summed E-state index contributed by atoms with van der Waals surface area (Å²) in [5.74, 6) is -0.952. The summed E-state index contributed by atoms with van der Waals surface area (Å²) in [6.45, 7) is 6.61. The Kier molecular flexibility index (Phi) is 4.42. The van der Waals surface area contributed by atoms with Gasteiger partial charge in [-0.25, -0.2) is 9.78 Å². The number of carboxylic acids is 1. The molecule has 0 aliphatic rings. The van der Waals surface area contributed by atoms with Crippen molar-refractivity contribution in [2.24, 2.45) is 0 Å². The number of rotatable bonds is 4. The summed E-state index contributed by atoms with van der Waals surface area (Å²) >= 11 is 1.47. The molecule has 0 saturated heterocycles. The van der Waals surface area contributed by atoms with Gasteiger partial charge in [0.15, 0.2) is 0 Å². The van der Waals surface area contributed by atoms with E-state index in [1.54, 1.807) is 13.2 Å². The number of thiazole rings is 1. The van der Waals surface area contributed by atoms with Gasteiger partial charge in [0, 0.05) is 18.6 Å². The van der Waals surface area contributed by atoms with E-state index in [4.69, 9.17) is 9.84 Å². The maximum atomic E-state index is 10.5. The summed E-state index contributed by atoms with van der Waals surface area (Å²) in [4.78, 5) is 15.9. The minimum Gasteiger partial charge on any atom is -0.478 e. The number of aromatic nitrogens is 1. The molecule has 0 spiro atoms. The second-order valence-electron chi connectivity index (χ2n) is 4.68. The van der Waals surface area contributed by atoms with Gasteiger partial charge in [-0.15, -0.1) is 11.3 Å². The lowest BCUT2D eigenvalue weighted by atomic mass is 9.91. The average molecular weight is 255 g/mol. The Hall–Kier alpha value is -1.20. The van der Waals surface area contributed by atoms with Gasteiger partial charge in [0.25, 0.3) is 0 Å². The van der Waals surface area contributed by atoms with Crippen LogP contribution in [0.5, 0.6) is 0 Å². The van der Waals surface area contributed by atoms with Crippen molar-refractivity contribution in [3.8, 4) is 0 Å². The van der Waals surface area contributed by atoms with Crippen LogP contribution in [0.25, 0.3) is 6.08 Å². The van der Waals surface area contributed by atoms with Crippen LogP contribution in [0.15, 0.2) is 6.08 Å².